The van der Waals surface area contributed by atoms with Crippen molar-refractivity contribution in [2.24, 2.45) is 0 Å². The fraction of sp³-hybridized carbons (Fsp3) is 0.385. The summed E-state index contributed by atoms with van der Waals surface area (Å²) in [4.78, 5) is 15.7. The van der Waals surface area contributed by atoms with Crippen molar-refractivity contribution in [2.45, 2.75) is 26.3 Å². The molecule has 0 atom stereocenters. The highest BCUT2D eigenvalue weighted by atomic mass is 16.2. The summed E-state index contributed by atoms with van der Waals surface area (Å²) in [5.41, 5.74) is 0.191. The molecule has 0 bridgehead atoms. The maximum absolute atomic E-state index is 11.6. The van der Waals surface area contributed by atoms with E-state index in [2.05, 4.69) is 27.5 Å². The van der Waals surface area contributed by atoms with Crippen molar-refractivity contribution in [3.8, 4) is 11.8 Å². The van der Waals surface area contributed by atoms with Crippen molar-refractivity contribution in [3.05, 3.63) is 23.9 Å². The molecule has 5 heteroatoms. The molecule has 1 rings (SSSR count). The standard InChI is InChI=1S/C13H17N3O2/c1-13(2,3)16-12(18)15-11-8-4-6-10(14-11)7-5-9-17/h4,6,8,17H,9H2,1-3H3,(H2,14,15,16,18). The number of aliphatic hydroxyl groups excluding tert-OH is 1. The molecule has 0 unspecified atom stereocenters. The highest BCUT2D eigenvalue weighted by molar-refractivity contribution is 5.88. The molecule has 0 radical (unpaired) electrons. The lowest BCUT2D eigenvalue weighted by Crippen LogP contribution is -2.43. The fourth-order valence-electron chi connectivity index (χ4n) is 1.19. The van der Waals surface area contributed by atoms with Crippen LogP contribution in [0.2, 0.25) is 0 Å². The van der Waals surface area contributed by atoms with Gasteiger partial charge in [-0.2, -0.15) is 0 Å². The van der Waals surface area contributed by atoms with Crippen LogP contribution in [0.4, 0.5) is 10.6 Å². The normalized spacial score (nSPS) is 10.2. The summed E-state index contributed by atoms with van der Waals surface area (Å²) in [7, 11) is 0. The molecule has 0 spiro atoms. The molecule has 0 aliphatic heterocycles. The van der Waals surface area contributed by atoms with Gasteiger partial charge in [-0.15, -0.1) is 0 Å². The first-order valence-corrected chi connectivity index (χ1v) is 5.57. The number of pyridine rings is 1. The predicted molar refractivity (Wildman–Crippen MR) is 70.1 cm³/mol. The monoisotopic (exact) mass is 247 g/mol. The molecule has 0 aromatic carbocycles. The van der Waals surface area contributed by atoms with Gasteiger partial charge in [0.25, 0.3) is 0 Å². The quantitative estimate of drug-likeness (QED) is 0.656. The number of rotatable bonds is 1. The van der Waals surface area contributed by atoms with Gasteiger partial charge in [0.1, 0.15) is 18.1 Å². The molecule has 3 N–H and O–H groups in total. The first kappa shape index (κ1) is 14.0. The van der Waals surface area contributed by atoms with Crippen LogP contribution in [0.15, 0.2) is 18.2 Å². The molecule has 0 fully saturated rings. The number of urea groups is 1. The van der Waals surface area contributed by atoms with Crippen molar-refractivity contribution in [2.75, 3.05) is 11.9 Å². The molecule has 0 aliphatic carbocycles. The molecule has 1 aromatic heterocycles. The Morgan fingerprint density at radius 2 is 2.17 bits per heavy atom. The van der Waals surface area contributed by atoms with E-state index in [-0.39, 0.29) is 18.2 Å². The Balaban J connectivity index is 2.70. The molecular formula is C13H17N3O2. The van der Waals surface area contributed by atoms with E-state index < -0.39 is 0 Å². The Morgan fingerprint density at radius 1 is 1.44 bits per heavy atom. The van der Waals surface area contributed by atoms with E-state index in [4.69, 9.17) is 5.11 Å². The molecule has 96 valence electrons. The van der Waals surface area contributed by atoms with Crippen LogP contribution in [0.3, 0.4) is 0 Å². The molecular weight excluding hydrogens is 230 g/mol. The summed E-state index contributed by atoms with van der Waals surface area (Å²) in [5, 5.41) is 14.0. The van der Waals surface area contributed by atoms with Gasteiger partial charge in [0.05, 0.1) is 0 Å². The van der Waals surface area contributed by atoms with Crippen molar-refractivity contribution in [1.82, 2.24) is 10.3 Å². The maximum Gasteiger partial charge on any atom is 0.320 e. The lowest BCUT2D eigenvalue weighted by Gasteiger charge is -2.20. The average Bonchev–Trinajstić information content (AvgIpc) is 2.24. The molecule has 2 amide bonds. The molecule has 0 saturated heterocycles. The van der Waals surface area contributed by atoms with Gasteiger partial charge in [-0.25, -0.2) is 9.78 Å². The van der Waals surface area contributed by atoms with Crippen molar-refractivity contribution < 1.29 is 9.90 Å². The Morgan fingerprint density at radius 3 is 2.78 bits per heavy atom. The van der Waals surface area contributed by atoms with E-state index in [1.54, 1.807) is 18.2 Å². The Labute approximate surface area is 107 Å². The number of hydrogen-bond acceptors (Lipinski definition) is 3. The second-order valence-electron chi connectivity index (χ2n) is 4.70. The number of nitrogens with zero attached hydrogens (tertiary/aromatic N) is 1. The lowest BCUT2D eigenvalue weighted by atomic mass is 10.1. The average molecular weight is 247 g/mol. The second-order valence-corrected chi connectivity index (χ2v) is 4.70. The Kier molecular flexibility index (Phi) is 4.69. The van der Waals surface area contributed by atoms with Gasteiger partial charge in [-0.05, 0) is 38.8 Å². The van der Waals surface area contributed by atoms with Crippen molar-refractivity contribution in [1.29, 1.82) is 0 Å². The van der Waals surface area contributed by atoms with Gasteiger partial charge < -0.3 is 10.4 Å². The Hall–Kier alpha value is -2.06. The van der Waals surface area contributed by atoms with E-state index in [1.165, 1.54) is 0 Å². The maximum atomic E-state index is 11.6. The zero-order valence-electron chi connectivity index (χ0n) is 10.7. The number of carbonyl (C=O) groups is 1. The van der Waals surface area contributed by atoms with Gasteiger partial charge in [0, 0.05) is 5.54 Å². The van der Waals surface area contributed by atoms with Crippen LogP contribution < -0.4 is 10.6 Å². The predicted octanol–water partition coefficient (Wildman–Crippen LogP) is 1.35. The number of carbonyl (C=O) groups excluding carboxylic acids is 1. The number of nitrogens with one attached hydrogen (secondary N) is 2. The molecule has 5 nitrogen and oxygen atoms in total. The minimum Gasteiger partial charge on any atom is -0.384 e. The lowest BCUT2D eigenvalue weighted by molar-refractivity contribution is 0.243. The zero-order chi connectivity index (χ0) is 13.6. The molecule has 0 saturated carbocycles. The van der Waals surface area contributed by atoms with Crippen LogP contribution in [-0.4, -0.2) is 28.3 Å². The zero-order valence-corrected chi connectivity index (χ0v) is 10.7. The second kappa shape index (κ2) is 6.03. The van der Waals surface area contributed by atoms with Crippen molar-refractivity contribution in [3.63, 3.8) is 0 Å². The first-order chi connectivity index (χ1) is 8.40. The highest BCUT2D eigenvalue weighted by Crippen LogP contribution is 2.05. The molecule has 1 aromatic rings. The molecule has 0 aliphatic rings. The number of hydrogen-bond donors (Lipinski definition) is 3. The fourth-order valence-corrected chi connectivity index (χ4v) is 1.19. The topological polar surface area (TPSA) is 74.2 Å². The van der Waals surface area contributed by atoms with Crippen molar-refractivity contribution >= 4 is 11.8 Å². The van der Waals surface area contributed by atoms with E-state index in [0.717, 1.165) is 0 Å². The van der Waals surface area contributed by atoms with Gasteiger partial charge in [0.15, 0.2) is 0 Å². The Bertz CT molecular complexity index is 481. The summed E-state index contributed by atoms with van der Waals surface area (Å²) in [6.07, 6.45) is 0. The number of amides is 2. The summed E-state index contributed by atoms with van der Waals surface area (Å²) in [6, 6.07) is 4.80. The number of anilines is 1. The minimum absolute atomic E-state index is 0.218. The smallest absolute Gasteiger partial charge is 0.320 e. The van der Waals surface area contributed by atoms with Gasteiger partial charge in [0.2, 0.25) is 0 Å². The largest absolute Gasteiger partial charge is 0.384 e. The van der Waals surface area contributed by atoms with E-state index in [1.807, 2.05) is 20.8 Å². The van der Waals surface area contributed by atoms with Crippen LogP contribution in [0.25, 0.3) is 0 Å². The van der Waals surface area contributed by atoms with Gasteiger partial charge in [-0.3, -0.25) is 5.32 Å². The van der Waals surface area contributed by atoms with E-state index in [0.29, 0.717) is 11.5 Å². The number of aliphatic hydroxyl groups is 1. The van der Waals surface area contributed by atoms with Crippen LogP contribution in [-0.2, 0) is 0 Å². The van der Waals surface area contributed by atoms with Gasteiger partial charge >= 0.3 is 6.03 Å². The van der Waals surface area contributed by atoms with Crippen LogP contribution >= 0.6 is 0 Å². The van der Waals surface area contributed by atoms with Gasteiger partial charge in [-0.1, -0.05) is 12.0 Å². The molecule has 18 heavy (non-hydrogen) atoms. The van der Waals surface area contributed by atoms with Crippen LogP contribution in [0.1, 0.15) is 26.5 Å². The van der Waals surface area contributed by atoms with E-state index in [9.17, 15) is 4.79 Å². The van der Waals surface area contributed by atoms with E-state index >= 15 is 0 Å². The first-order valence-electron chi connectivity index (χ1n) is 5.57. The number of aromatic nitrogens is 1. The SMILES string of the molecule is CC(C)(C)NC(=O)Nc1cccc(C#CCO)n1. The third-order valence-corrected chi connectivity index (χ3v) is 1.77. The third-order valence-electron chi connectivity index (χ3n) is 1.77. The summed E-state index contributed by atoms with van der Waals surface area (Å²) in [6.45, 7) is 5.46. The summed E-state index contributed by atoms with van der Waals surface area (Å²) >= 11 is 0. The minimum atomic E-state index is -0.317. The summed E-state index contributed by atoms with van der Waals surface area (Å²) < 4.78 is 0. The highest BCUT2D eigenvalue weighted by Gasteiger charge is 2.13. The summed E-state index contributed by atoms with van der Waals surface area (Å²) in [5.74, 6) is 5.59. The van der Waals surface area contributed by atoms with Crippen LogP contribution in [0.5, 0.6) is 0 Å². The van der Waals surface area contributed by atoms with Crippen LogP contribution in [0, 0.1) is 11.8 Å². The molecule has 1 heterocycles. The third kappa shape index (κ3) is 5.32.